The molecule has 454 valence electrons. The van der Waals surface area contributed by atoms with E-state index in [1.807, 2.05) is 43.6 Å². The van der Waals surface area contributed by atoms with Crippen molar-refractivity contribution in [2.45, 2.75) is 169 Å². The van der Waals surface area contributed by atoms with E-state index in [9.17, 15) is 29.1 Å². The second kappa shape index (κ2) is 24.0. The van der Waals surface area contributed by atoms with Crippen LogP contribution in [0.15, 0.2) is 77.8 Å². The van der Waals surface area contributed by atoms with E-state index in [0.717, 1.165) is 54.5 Å². The number of rotatable bonds is 16. The Morgan fingerprint density at radius 2 is 1.14 bits per heavy atom. The topological polar surface area (TPSA) is 195 Å². The minimum atomic E-state index is -1.16. The molecule has 10 rings (SSSR count). The Kier molecular flexibility index (Phi) is 17.2. The summed E-state index contributed by atoms with van der Waals surface area (Å²) < 4.78 is 38.8. The van der Waals surface area contributed by atoms with Gasteiger partial charge in [-0.05, 0) is 105 Å². The minimum absolute atomic E-state index is 0.0166. The molecule has 2 aromatic heterocycles. The lowest BCUT2D eigenvalue weighted by Crippen LogP contribution is -2.55. The van der Waals surface area contributed by atoms with Gasteiger partial charge in [0.15, 0.2) is 11.6 Å². The van der Waals surface area contributed by atoms with Crippen LogP contribution in [0.5, 0.6) is 5.75 Å². The highest BCUT2D eigenvalue weighted by molar-refractivity contribution is 7.13. The lowest BCUT2D eigenvalue weighted by Gasteiger charge is -2.35. The van der Waals surface area contributed by atoms with Crippen LogP contribution in [-0.2, 0) is 56.2 Å². The summed E-state index contributed by atoms with van der Waals surface area (Å²) in [5.74, 6) is -6.47. The van der Waals surface area contributed by atoms with Gasteiger partial charge in [0.05, 0.1) is 55.9 Å². The molecule has 2 saturated heterocycles. The third kappa shape index (κ3) is 11.9. The maximum atomic E-state index is 17.2. The predicted octanol–water partition coefficient (Wildman–Crippen LogP) is 10.0. The third-order valence-corrected chi connectivity index (χ3v) is 19.1. The SMILES string of the molecule is Cc1ncsc1-c1ccc(CNC(=O)C2CC(Oc3ccc4c(c3F)C(=O)N(C(C(=O)N3CC(O)CC3C(=O)NCc3ccc(-c5scnc5C)cc3C(C)(C)C)C(C)C)C4)CN2C(=O)C(C(C)C)N2Cc3cccc(F)c3C2=O)c(C(C)(C)C)c1. The molecule has 86 heavy (non-hydrogen) atoms. The standard InChI is InChI=1S/C66H76F2N8O8S2/c1-34(2)55(63(82)73-30-44(77)24-49(73)59(78)69-26-40-18-16-38(22-46(40)65(7,8)9)57-36(5)71-32-85-57)76-29-43-20-21-51(54(68)53(43)62(76)81)84-45-25-50(60(79)70-27-41-19-17-39(23-47(41)66(10,11)12)58-37(6)72-33-86-58)74(31-45)64(83)56(35(3)4)75-28-42-14-13-15-48(67)52(42)61(75)80/h13-23,32-35,44-45,49-50,55-56,77H,24-31H2,1-12H3,(H,69,78)(H,70,79). The zero-order chi connectivity index (χ0) is 62.0. The smallest absolute Gasteiger partial charge is 0.258 e. The maximum Gasteiger partial charge on any atom is 0.258 e. The summed E-state index contributed by atoms with van der Waals surface area (Å²) in [5, 5.41) is 17.1. The van der Waals surface area contributed by atoms with Gasteiger partial charge >= 0.3 is 0 Å². The van der Waals surface area contributed by atoms with Gasteiger partial charge < -0.3 is 40.1 Å². The number of benzene rings is 4. The van der Waals surface area contributed by atoms with Gasteiger partial charge in [-0.3, -0.25) is 28.8 Å². The molecule has 4 aromatic carbocycles. The molecule has 2 fully saturated rings. The van der Waals surface area contributed by atoms with Gasteiger partial charge in [-0.2, -0.15) is 0 Å². The average molecular weight is 1210 g/mol. The monoisotopic (exact) mass is 1210 g/mol. The predicted molar refractivity (Wildman–Crippen MR) is 326 cm³/mol. The first kappa shape index (κ1) is 61.7. The van der Waals surface area contributed by atoms with Crippen molar-refractivity contribution in [3.8, 4) is 26.6 Å². The normalized spacial score (nSPS) is 19.4. The van der Waals surface area contributed by atoms with Crippen molar-refractivity contribution in [3.63, 3.8) is 0 Å². The largest absolute Gasteiger partial charge is 0.485 e. The molecule has 6 unspecified atom stereocenters. The number of hydrogen-bond acceptors (Lipinski definition) is 12. The number of thiazole rings is 2. The van der Waals surface area contributed by atoms with Crippen molar-refractivity contribution in [1.29, 1.82) is 0 Å². The highest BCUT2D eigenvalue weighted by Crippen LogP contribution is 2.40. The van der Waals surface area contributed by atoms with E-state index in [0.29, 0.717) is 11.1 Å². The van der Waals surface area contributed by atoms with Crippen LogP contribution >= 0.6 is 22.7 Å². The molecule has 4 aliphatic heterocycles. The van der Waals surface area contributed by atoms with Crippen molar-refractivity contribution in [1.82, 2.24) is 40.2 Å². The first-order valence-corrected chi connectivity index (χ1v) is 31.2. The second-order valence-corrected chi connectivity index (χ2v) is 27.7. The van der Waals surface area contributed by atoms with Crippen molar-refractivity contribution in [2.75, 3.05) is 13.1 Å². The quantitative estimate of drug-likeness (QED) is 0.0840. The Balaban J connectivity index is 0.874. The number of nitrogens with zero attached hydrogens (tertiary/aromatic N) is 6. The number of halogens is 2. The fourth-order valence-corrected chi connectivity index (χ4v) is 14.5. The number of hydrogen-bond donors (Lipinski definition) is 3. The Labute approximate surface area is 509 Å². The molecule has 0 radical (unpaired) electrons. The molecule has 0 bridgehead atoms. The van der Waals surface area contributed by atoms with Gasteiger partial charge in [0.2, 0.25) is 23.6 Å². The molecule has 16 nitrogen and oxygen atoms in total. The summed E-state index contributed by atoms with van der Waals surface area (Å²) in [6, 6.07) is 15.0. The van der Waals surface area contributed by atoms with E-state index in [1.165, 1.54) is 37.8 Å². The first-order chi connectivity index (χ1) is 40.6. The van der Waals surface area contributed by atoms with Crippen LogP contribution < -0.4 is 15.4 Å². The van der Waals surface area contributed by atoms with Gasteiger partial charge in [0, 0.05) is 45.6 Å². The summed E-state index contributed by atoms with van der Waals surface area (Å²) in [5.41, 5.74) is 11.0. The molecular weight excluding hydrogens is 1130 g/mol. The summed E-state index contributed by atoms with van der Waals surface area (Å²) >= 11 is 3.10. The lowest BCUT2D eigenvalue weighted by molar-refractivity contribution is -0.143. The molecule has 0 spiro atoms. The summed E-state index contributed by atoms with van der Waals surface area (Å²) in [6.07, 6.45) is -2.10. The molecule has 3 N–H and O–H groups in total. The Bertz CT molecular complexity index is 3660. The number of aliphatic hydroxyl groups excluding tert-OH is 1. The number of aryl methyl sites for hydroxylation is 2. The molecule has 4 aliphatic rings. The van der Waals surface area contributed by atoms with E-state index in [-0.39, 0.29) is 79.8 Å². The zero-order valence-corrected chi connectivity index (χ0v) is 52.5. The van der Waals surface area contributed by atoms with E-state index >= 15 is 13.6 Å². The van der Waals surface area contributed by atoms with Crippen LogP contribution in [-0.4, -0.2) is 120 Å². The number of nitrogens with one attached hydrogen (secondary N) is 2. The Morgan fingerprint density at radius 1 is 0.663 bits per heavy atom. The van der Waals surface area contributed by atoms with Crippen LogP contribution in [0, 0.1) is 37.3 Å². The van der Waals surface area contributed by atoms with Crippen molar-refractivity contribution in [2.24, 2.45) is 11.8 Å². The highest BCUT2D eigenvalue weighted by Gasteiger charge is 2.50. The second-order valence-electron chi connectivity index (χ2n) is 26.0. The van der Waals surface area contributed by atoms with Crippen LogP contribution in [0.3, 0.4) is 0 Å². The molecule has 20 heteroatoms. The lowest BCUT2D eigenvalue weighted by atomic mass is 9.82. The van der Waals surface area contributed by atoms with Gasteiger partial charge in [-0.15, -0.1) is 22.7 Å². The van der Waals surface area contributed by atoms with Crippen molar-refractivity contribution < 1.29 is 47.4 Å². The number of β-amino-alcohol motifs (C(OH)–C–C–N with tert-alkyl or cyclic N) is 1. The fraction of sp³-hybridized carbons (Fsp3) is 0.455. The van der Waals surface area contributed by atoms with Gasteiger partial charge in [0.1, 0.15) is 36.1 Å². The number of ether oxygens (including phenoxy) is 1. The summed E-state index contributed by atoms with van der Waals surface area (Å²) in [6.45, 7) is 23.4. The van der Waals surface area contributed by atoms with Gasteiger partial charge in [0.25, 0.3) is 11.8 Å². The molecule has 0 saturated carbocycles. The number of amides is 6. The van der Waals surface area contributed by atoms with Crippen molar-refractivity contribution >= 4 is 58.1 Å². The highest BCUT2D eigenvalue weighted by atomic mass is 32.1. The van der Waals surface area contributed by atoms with E-state index in [4.69, 9.17) is 4.74 Å². The minimum Gasteiger partial charge on any atom is -0.485 e. The number of aliphatic hydroxyl groups is 1. The van der Waals surface area contributed by atoms with E-state index in [1.54, 1.807) is 68.0 Å². The molecular formula is C66H76F2N8O8S2. The Morgan fingerprint density at radius 3 is 1.60 bits per heavy atom. The summed E-state index contributed by atoms with van der Waals surface area (Å²) in [7, 11) is 0. The molecule has 6 atom stereocenters. The van der Waals surface area contributed by atoms with Crippen LogP contribution in [0.1, 0.15) is 148 Å². The molecule has 6 heterocycles. The number of carbonyl (C=O) groups is 6. The number of fused-ring (bicyclic) bond motifs is 2. The van der Waals surface area contributed by atoms with Crippen LogP contribution in [0.25, 0.3) is 20.9 Å². The van der Waals surface area contributed by atoms with Gasteiger partial charge in [-0.25, -0.2) is 18.7 Å². The maximum absolute atomic E-state index is 17.2. The summed E-state index contributed by atoms with van der Waals surface area (Å²) in [4.78, 5) is 104. The number of carbonyl (C=O) groups excluding carboxylic acids is 6. The number of likely N-dealkylation sites (tertiary alicyclic amines) is 2. The van der Waals surface area contributed by atoms with E-state index in [2.05, 4.69) is 74.3 Å². The van der Waals surface area contributed by atoms with Crippen LogP contribution in [0.4, 0.5) is 8.78 Å². The average Bonchev–Trinajstić information content (AvgIpc) is 2.98. The van der Waals surface area contributed by atoms with Gasteiger partial charge in [-0.1, -0.05) is 112 Å². The first-order valence-electron chi connectivity index (χ1n) is 29.4. The third-order valence-electron chi connectivity index (χ3n) is 17.1. The Hall–Kier alpha value is -7.42. The molecule has 0 aliphatic carbocycles. The van der Waals surface area contributed by atoms with Crippen molar-refractivity contribution in [3.05, 3.63) is 145 Å². The molecule has 6 aromatic rings. The fourth-order valence-electron chi connectivity index (χ4n) is 12.9. The van der Waals surface area contributed by atoms with Crippen LogP contribution in [0.2, 0.25) is 0 Å². The zero-order valence-electron chi connectivity index (χ0n) is 50.8. The van der Waals surface area contributed by atoms with E-state index < -0.39 is 95.3 Å². The number of aromatic nitrogens is 2. The molecule has 6 amide bonds.